The van der Waals surface area contributed by atoms with Gasteiger partial charge in [-0.3, -0.25) is 43.7 Å². The first-order valence-electron chi connectivity index (χ1n) is 22.4. The molecular formula is C49H52N8O10. The summed E-state index contributed by atoms with van der Waals surface area (Å²) in [6, 6.07) is 15.5. The number of aryl methyl sites for hydroxylation is 1. The summed E-state index contributed by atoms with van der Waals surface area (Å²) in [5.74, 6) is -2.47. The molecule has 1 atom stereocenters. The van der Waals surface area contributed by atoms with Crippen LogP contribution in [0.25, 0.3) is 22.0 Å². The van der Waals surface area contributed by atoms with Crippen LogP contribution in [-0.4, -0.2) is 127 Å². The number of imide groups is 2. The number of ketones is 1. The largest absolute Gasteiger partial charge is 0.382 e. The molecule has 3 aliphatic rings. The van der Waals surface area contributed by atoms with E-state index in [9.17, 15) is 34.0 Å². The van der Waals surface area contributed by atoms with Crippen molar-refractivity contribution in [2.24, 2.45) is 0 Å². The molecule has 0 bridgehead atoms. The molecule has 3 aromatic carbocycles. The van der Waals surface area contributed by atoms with E-state index in [-0.39, 0.29) is 42.2 Å². The molecule has 18 heteroatoms. The Morgan fingerprint density at radius 2 is 1.58 bits per heavy atom. The lowest BCUT2D eigenvalue weighted by Crippen LogP contribution is -2.54. The minimum absolute atomic E-state index is 0.0276. The molecule has 5 aromatic rings. The predicted molar refractivity (Wildman–Crippen MR) is 244 cm³/mol. The Hall–Kier alpha value is -7.04. The molecule has 0 saturated carbocycles. The normalized spacial score (nSPS) is 16.2. The van der Waals surface area contributed by atoms with Crippen molar-refractivity contribution in [3.8, 4) is 17.2 Å². The third kappa shape index (κ3) is 9.63. The SMILES string of the molecule is CCc1cc2c(cc1-c1cnn(CC(=O)NCCOCCOCCOCCOCCNc3cccc4c3C(=O)N(C3CCC(=O)NC3=O)C4=O)c1)C(C)(C)c1[nH]c3cc(C#N)ccc3c1C2=O. The quantitative estimate of drug-likeness (QED) is 0.0602. The van der Waals surface area contributed by atoms with Crippen LogP contribution in [0.15, 0.2) is 60.9 Å². The summed E-state index contributed by atoms with van der Waals surface area (Å²) < 4.78 is 23.9. The van der Waals surface area contributed by atoms with Crippen LogP contribution in [0.1, 0.15) is 92.6 Å². The van der Waals surface area contributed by atoms with Crippen molar-refractivity contribution in [1.82, 2.24) is 30.3 Å². The van der Waals surface area contributed by atoms with Crippen LogP contribution in [0.5, 0.6) is 0 Å². The van der Waals surface area contributed by atoms with E-state index in [1.807, 2.05) is 25.3 Å². The van der Waals surface area contributed by atoms with E-state index < -0.39 is 35.1 Å². The Kier molecular flexibility index (Phi) is 14.0. The molecule has 1 fully saturated rings. The molecule has 0 spiro atoms. The molecule has 348 valence electrons. The van der Waals surface area contributed by atoms with Crippen molar-refractivity contribution in [2.75, 3.05) is 71.3 Å². The van der Waals surface area contributed by atoms with Crippen LogP contribution in [0.4, 0.5) is 5.69 Å². The lowest BCUT2D eigenvalue weighted by atomic mass is 9.70. The van der Waals surface area contributed by atoms with E-state index >= 15 is 0 Å². The number of nitrogens with zero attached hydrogens (tertiary/aromatic N) is 4. The van der Waals surface area contributed by atoms with Gasteiger partial charge in [-0.2, -0.15) is 10.4 Å². The van der Waals surface area contributed by atoms with Gasteiger partial charge in [0, 0.05) is 64.5 Å². The molecule has 2 aliphatic heterocycles. The summed E-state index contributed by atoms with van der Waals surface area (Å²) in [5.41, 5.74) is 7.46. The lowest BCUT2D eigenvalue weighted by Gasteiger charge is -2.33. The fourth-order valence-corrected chi connectivity index (χ4v) is 8.89. The third-order valence-corrected chi connectivity index (χ3v) is 12.3. The average molecular weight is 913 g/mol. The molecule has 1 aliphatic carbocycles. The number of nitrogens with one attached hydrogen (secondary N) is 4. The first-order valence-corrected chi connectivity index (χ1v) is 22.4. The number of anilines is 1. The molecule has 67 heavy (non-hydrogen) atoms. The van der Waals surface area contributed by atoms with Gasteiger partial charge in [-0.05, 0) is 65.9 Å². The van der Waals surface area contributed by atoms with Gasteiger partial charge >= 0.3 is 0 Å². The highest BCUT2D eigenvalue weighted by molar-refractivity contribution is 6.25. The van der Waals surface area contributed by atoms with Crippen molar-refractivity contribution in [3.63, 3.8) is 0 Å². The van der Waals surface area contributed by atoms with E-state index in [2.05, 4.69) is 52.0 Å². The van der Waals surface area contributed by atoms with Crippen molar-refractivity contribution in [1.29, 1.82) is 5.26 Å². The van der Waals surface area contributed by atoms with Crippen molar-refractivity contribution < 1.29 is 47.7 Å². The number of H-pyrrole nitrogens is 1. The van der Waals surface area contributed by atoms with Crippen molar-refractivity contribution in [3.05, 3.63) is 106 Å². The fourth-order valence-electron chi connectivity index (χ4n) is 8.89. The minimum Gasteiger partial charge on any atom is -0.382 e. The summed E-state index contributed by atoms with van der Waals surface area (Å²) in [5, 5.41) is 22.9. The molecular weight excluding hydrogens is 861 g/mol. The lowest BCUT2D eigenvalue weighted by molar-refractivity contribution is -0.136. The van der Waals surface area contributed by atoms with E-state index in [1.165, 1.54) is 0 Å². The van der Waals surface area contributed by atoms with Crippen LogP contribution in [0.3, 0.4) is 0 Å². The number of piperidine rings is 1. The van der Waals surface area contributed by atoms with Crippen LogP contribution < -0.4 is 16.0 Å². The first-order chi connectivity index (χ1) is 32.4. The van der Waals surface area contributed by atoms with Crippen molar-refractivity contribution in [2.45, 2.75) is 58.0 Å². The van der Waals surface area contributed by atoms with Crippen molar-refractivity contribution >= 4 is 51.9 Å². The van der Waals surface area contributed by atoms with E-state index in [4.69, 9.17) is 18.9 Å². The van der Waals surface area contributed by atoms with E-state index in [0.29, 0.717) is 94.7 Å². The Morgan fingerprint density at radius 1 is 0.866 bits per heavy atom. The van der Waals surface area contributed by atoms with Gasteiger partial charge in [0.05, 0.1) is 87.4 Å². The molecule has 1 saturated heterocycles. The number of aromatic amines is 1. The summed E-state index contributed by atoms with van der Waals surface area (Å²) in [4.78, 5) is 81.3. The third-order valence-electron chi connectivity index (χ3n) is 12.3. The molecule has 5 amide bonds. The van der Waals surface area contributed by atoms with Crippen LogP contribution in [-0.2, 0) is 51.7 Å². The van der Waals surface area contributed by atoms with E-state index in [0.717, 1.165) is 43.8 Å². The smallest absolute Gasteiger partial charge is 0.264 e. The summed E-state index contributed by atoms with van der Waals surface area (Å²) >= 11 is 0. The van der Waals surface area contributed by atoms with Gasteiger partial charge in [0.25, 0.3) is 11.8 Å². The number of benzene rings is 3. The second-order valence-corrected chi connectivity index (χ2v) is 16.9. The standard InChI is InChI=1S/C49H52N8O10/c1-4-30-23-35-36(49(2,3)45-43(44(35)60)32-9-8-29(25-50)22-38(32)54-45)24-34(30)31-26-53-56(27-31)28-41(59)52-13-15-65-17-19-67-21-20-66-18-16-64-14-12-51-37-7-5-6-33-42(37)48(63)57(47(33)62)39-10-11-40(58)55-46(39)61/h5-9,22-24,26-27,39,51,54H,4,10-21,28H2,1-3H3,(H,52,59)(H,55,58,61). The van der Waals surface area contributed by atoms with Gasteiger partial charge < -0.3 is 34.6 Å². The Morgan fingerprint density at radius 3 is 2.28 bits per heavy atom. The average Bonchev–Trinajstić information content (AvgIpc) is 4.02. The number of amides is 5. The molecule has 1 unspecified atom stereocenters. The summed E-state index contributed by atoms with van der Waals surface area (Å²) in [6.45, 7) is 9.69. The topological polar surface area (TPSA) is 236 Å². The Labute approximate surface area is 386 Å². The highest BCUT2D eigenvalue weighted by Crippen LogP contribution is 2.46. The fraction of sp³-hybridized carbons (Fsp3) is 0.388. The van der Waals surface area contributed by atoms with Crippen LogP contribution >= 0.6 is 0 Å². The predicted octanol–water partition coefficient (Wildman–Crippen LogP) is 4.03. The number of rotatable bonds is 21. The second-order valence-electron chi connectivity index (χ2n) is 16.9. The highest BCUT2D eigenvalue weighted by atomic mass is 16.6. The van der Waals surface area contributed by atoms with Gasteiger partial charge in [0.2, 0.25) is 17.7 Å². The number of hydrogen-bond donors (Lipinski definition) is 4. The zero-order valence-corrected chi connectivity index (χ0v) is 37.6. The van der Waals surface area contributed by atoms with Gasteiger partial charge in [-0.25, -0.2) is 0 Å². The Bertz CT molecular complexity index is 2800. The number of fused-ring (bicyclic) bond motifs is 5. The molecule has 4 N–H and O–H groups in total. The maximum Gasteiger partial charge on any atom is 0.264 e. The number of carbonyl (C=O) groups excluding carboxylic acids is 6. The number of carbonyl (C=O) groups is 6. The van der Waals surface area contributed by atoms with Gasteiger partial charge in [-0.15, -0.1) is 0 Å². The summed E-state index contributed by atoms with van der Waals surface area (Å²) in [7, 11) is 0. The molecule has 8 rings (SSSR count). The maximum atomic E-state index is 14.0. The monoisotopic (exact) mass is 912 g/mol. The summed E-state index contributed by atoms with van der Waals surface area (Å²) in [6.07, 6.45) is 4.42. The molecule has 2 aromatic heterocycles. The van der Waals surface area contributed by atoms with Crippen LogP contribution in [0, 0.1) is 11.3 Å². The zero-order chi connectivity index (χ0) is 47.2. The highest BCUT2D eigenvalue weighted by Gasteiger charge is 2.46. The van der Waals surface area contributed by atoms with Gasteiger partial charge in [0.15, 0.2) is 5.78 Å². The number of nitriles is 1. The number of ether oxygens (including phenoxy) is 4. The first kappa shape index (κ1) is 46.5. The molecule has 0 radical (unpaired) electrons. The van der Waals surface area contributed by atoms with Gasteiger partial charge in [0.1, 0.15) is 12.6 Å². The molecule has 4 heterocycles. The maximum absolute atomic E-state index is 14.0. The van der Waals surface area contributed by atoms with Crippen LogP contribution in [0.2, 0.25) is 0 Å². The number of hydrogen-bond acceptors (Lipinski definition) is 13. The second kappa shape index (κ2) is 20.2. The minimum atomic E-state index is -1.03. The molecule has 18 nitrogen and oxygen atoms in total. The van der Waals surface area contributed by atoms with E-state index in [1.54, 1.807) is 41.2 Å². The number of aromatic nitrogens is 3. The zero-order valence-electron chi connectivity index (χ0n) is 37.6. The Balaban J connectivity index is 0.684. The van der Waals surface area contributed by atoms with Gasteiger partial charge in [-0.1, -0.05) is 32.9 Å².